The van der Waals surface area contributed by atoms with Gasteiger partial charge in [0.15, 0.2) is 5.75 Å². The summed E-state index contributed by atoms with van der Waals surface area (Å²) in [5.41, 5.74) is 6.22. The molecule has 4 fully saturated rings. The number of benzene rings is 1. The largest absolute Gasteiger partial charge is 0.424 e. The minimum atomic E-state index is -0.211. The fourth-order valence-corrected chi connectivity index (χ4v) is 5.14. The van der Waals surface area contributed by atoms with Crippen LogP contribution in [0.15, 0.2) is 24.3 Å². The van der Waals surface area contributed by atoms with Gasteiger partial charge in [0.2, 0.25) is 0 Å². The highest BCUT2D eigenvalue weighted by Gasteiger charge is 2.55. The lowest BCUT2D eigenvalue weighted by Crippen LogP contribution is -2.51. The van der Waals surface area contributed by atoms with Crippen LogP contribution in [0.25, 0.3) is 0 Å². The van der Waals surface area contributed by atoms with Crippen molar-refractivity contribution in [2.75, 3.05) is 5.73 Å². The number of carbonyl (C=O) groups excluding carboxylic acids is 1. The highest BCUT2D eigenvalue weighted by Crippen LogP contribution is 2.60. The summed E-state index contributed by atoms with van der Waals surface area (Å²) >= 11 is 0. The van der Waals surface area contributed by atoms with Crippen molar-refractivity contribution in [1.29, 1.82) is 0 Å². The first-order chi connectivity index (χ1) is 9.64. The molecular formula is C17H21NO2. The molecule has 1 aromatic rings. The number of anilines is 1. The summed E-state index contributed by atoms with van der Waals surface area (Å²) in [6.45, 7) is 0. The van der Waals surface area contributed by atoms with Gasteiger partial charge in [-0.15, -0.1) is 0 Å². The van der Waals surface area contributed by atoms with Crippen molar-refractivity contribution in [2.45, 2.75) is 38.5 Å². The molecule has 4 bridgehead atoms. The number of hydrogen-bond donors (Lipinski definition) is 1. The van der Waals surface area contributed by atoms with Crippen LogP contribution in [0.2, 0.25) is 0 Å². The number of hydrogen-bond acceptors (Lipinski definition) is 3. The number of carbonyl (C=O) groups is 1. The van der Waals surface area contributed by atoms with Gasteiger partial charge >= 0.3 is 5.97 Å². The van der Waals surface area contributed by atoms with Crippen LogP contribution in [0.3, 0.4) is 0 Å². The van der Waals surface area contributed by atoms with Crippen LogP contribution in [0.5, 0.6) is 5.75 Å². The molecule has 4 saturated carbocycles. The maximum absolute atomic E-state index is 12.7. The Morgan fingerprint density at radius 1 is 1.05 bits per heavy atom. The molecule has 1 aromatic carbocycles. The Hall–Kier alpha value is -1.51. The Kier molecular flexibility index (Phi) is 2.60. The fraction of sp³-hybridized carbons (Fsp3) is 0.588. The molecule has 0 atom stereocenters. The van der Waals surface area contributed by atoms with Crippen LogP contribution in [0, 0.1) is 23.2 Å². The Labute approximate surface area is 119 Å². The first kappa shape index (κ1) is 12.2. The van der Waals surface area contributed by atoms with Gasteiger partial charge in [0.1, 0.15) is 0 Å². The number of rotatable bonds is 2. The summed E-state index contributed by atoms with van der Waals surface area (Å²) in [6.07, 6.45) is 7.10. The molecule has 0 aliphatic heterocycles. The van der Waals surface area contributed by atoms with Crippen molar-refractivity contribution in [1.82, 2.24) is 0 Å². The van der Waals surface area contributed by atoms with Crippen molar-refractivity contribution < 1.29 is 9.53 Å². The number of ether oxygens (including phenoxy) is 1. The number of para-hydroxylation sites is 2. The smallest absolute Gasteiger partial charge is 0.317 e. The third-order valence-corrected chi connectivity index (χ3v) is 5.59. The molecular weight excluding hydrogens is 250 g/mol. The van der Waals surface area contributed by atoms with Crippen LogP contribution >= 0.6 is 0 Å². The summed E-state index contributed by atoms with van der Waals surface area (Å²) in [7, 11) is 0. The zero-order chi connectivity index (χ0) is 13.7. The summed E-state index contributed by atoms with van der Waals surface area (Å²) < 4.78 is 5.67. The fourth-order valence-electron chi connectivity index (χ4n) is 5.14. The summed E-state index contributed by atoms with van der Waals surface area (Å²) in [5, 5.41) is 0. The van der Waals surface area contributed by atoms with E-state index in [2.05, 4.69) is 0 Å². The summed E-state index contributed by atoms with van der Waals surface area (Å²) in [5.74, 6) is 2.74. The van der Waals surface area contributed by atoms with Gasteiger partial charge < -0.3 is 10.5 Å². The predicted molar refractivity (Wildman–Crippen MR) is 77.1 cm³/mol. The van der Waals surface area contributed by atoms with Gasteiger partial charge in [-0.3, -0.25) is 4.79 Å². The molecule has 4 aliphatic rings. The lowest BCUT2D eigenvalue weighted by Gasteiger charge is -2.55. The van der Waals surface area contributed by atoms with Crippen LogP contribution in [-0.2, 0) is 4.79 Å². The van der Waals surface area contributed by atoms with Gasteiger partial charge in [0, 0.05) is 0 Å². The highest BCUT2D eigenvalue weighted by molar-refractivity contribution is 5.81. The quantitative estimate of drug-likeness (QED) is 0.509. The summed E-state index contributed by atoms with van der Waals surface area (Å²) in [4.78, 5) is 12.7. The maximum atomic E-state index is 12.7. The minimum absolute atomic E-state index is 0.0329. The van der Waals surface area contributed by atoms with E-state index >= 15 is 0 Å². The zero-order valence-electron chi connectivity index (χ0n) is 11.7. The van der Waals surface area contributed by atoms with Gasteiger partial charge in [-0.05, 0) is 68.4 Å². The van der Waals surface area contributed by atoms with Crippen LogP contribution in [0.1, 0.15) is 38.5 Å². The highest BCUT2D eigenvalue weighted by atomic mass is 16.5. The summed E-state index contributed by atoms with van der Waals surface area (Å²) in [6, 6.07) is 7.28. The van der Waals surface area contributed by atoms with Crippen LogP contribution in [-0.4, -0.2) is 5.97 Å². The van der Waals surface area contributed by atoms with Gasteiger partial charge in [-0.1, -0.05) is 12.1 Å². The van der Waals surface area contributed by atoms with Crippen molar-refractivity contribution in [2.24, 2.45) is 23.2 Å². The molecule has 2 N–H and O–H groups in total. The SMILES string of the molecule is Nc1ccccc1OC(=O)C12CC3CC(CC(C3)C1)C2. The number of nitrogens with two attached hydrogens (primary N) is 1. The molecule has 4 aliphatic carbocycles. The molecule has 3 heteroatoms. The van der Waals surface area contributed by atoms with Crippen molar-refractivity contribution in [3.8, 4) is 5.75 Å². The molecule has 0 saturated heterocycles. The topological polar surface area (TPSA) is 52.3 Å². The molecule has 0 radical (unpaired) electrons. The van der Waals surface area contributed by atoms with Crippen molar-refractivity contribution >= 4 is 11.7 Å². The van der Waals surface area contributed by atoms with Crippen LogP contribution < -0.4 is 10.5 Å². The first-order valence-corrected chi connectivity index (χ1v) is 7.71. The second-order valence-electron chi connectivity index (χ2n) is 7.13. The average molecular weight is 271 g/mol. The average Bonchev–Trinajstić information content (AvgIpc) is 2.40. The first-order valence-electron chi connectivity index (χ1n) is 7.71. The number of nitrogen functional groups attached to an aromatic ring is 1. The van der Waals surface area contributed by atoms with E-state index < -0.39 is 0 Å². The van der Waals surface area contributed by atoms with E-state index in [1.165, 1.54) is 19.3 Å². The van der Waals surface area contributed by atoms with Gasteiger partial charge in [0.25, 0.3) is 0 Å². The standard InChI is InChI=1S/C17H21NO2/c18-14-3-1-2-4-15(14)20-16(19)17-8-11-5-12(9-17)7-13(6-11)10-17/h1-4,11-13H,5-10,18H2. The third kappa shape index (κ3) is 1.83. The van der Waals surface area contributed by atoms with Crippen molar-refractivity contribution in [3.63, 3.8) is 0 Å². The lowest BCUT2D eigenvalue weighted by atomic mass is 9.49. The Bertz CT molecular complexity index is 516. The van der Waals surface area contributed by atoms with E-state index in [4.69, 9.17) is 10.5 Å². The monoisotopic (exact) mass is 271 g/mol. The lowest BCUT2D eigenvalue weighted by molar-refractivity contribution is -0.161. The second-order valence-corrected chi connectivity index (χ2v) is 7.13. The van der Waals surface area contributed by atoms with Crippen molar-refractivity contribution in [3.05, 3.63) is 24.3 Å². The Morgan fingerprint density at radius 2 is 1.60 bits per heavy atom. The Morgan fingerprint density at radius 3 is 2.15 bits per heavy atom. The minimum Gasteiger partial charge on any atom is -0.424 e. The molecule has 20 heavy (non-hydrogen) atoms. The molecule has 106 valence electrons. The van der Waals surface area contributed by atoms with E-state index in [0.29, 0.717) is 11.4 Å². The number of esters is 1. The third-order valence-electron chi connectivity index (χ3n) is 5.59. The molecule has 0 amide bonds. The molecule has 5 rings (SSSR count). The molecule has 3 nitrogen and oxygen atoms in total. The van der Waals surface area contributed by atoms with Crippen LogP contribution in [0.4, 0.5) is 5.69 Å². The van der Waals surface area contributed by atoms with E-state index in [1.807, 2.05) is 12.1 Å². The second kappa shape index (κ2) is 4.24. The van der Waals surface area contributed by atoms with E-state index in [0.717, 1.165) is 37.0 Å². The van der Waals surface area contributed by atoms with Gasteiger partial charge in [-0.2, -0.15) is 0 Å². The van der Waals surface area contributed by atoms with E-state index in [1.54, 1.807) is 12.1 Å². The molecule has 0 spiro atoms. The van der Waals surface area contributed by atoms with E-state index in [-0.39, 0.29) is 11.4 Å². The molecule has 0 unspecified atom stereocenters. The normalized spacial score (nSPS) is 37.9. The molecule has 0 heterocycles. The predicted octanol–water partition coefficient (Wildman–Crippen LogP) is 3.39. The molecule has 0 aromatic heterocycles. The van der Waals surface area contributed by atoms with Gasteiger partial charge in [0.05, 0.1) is 11.1 Å². The zero-order valence-corrected chi connectivity index (χ0v) is 11.7. The van der Waals surface area contributed by atoms with E-state index in [9.17, 15) is 4.79 Å². The van der Waals surface area contributed by atoms with Gasteiger partial charge in [-0.25, -0.2) is 0 Å². The maximum Gasteiger partial charge on any atom is 0.317 e. The Balaban J connectivity index is 1.58.